The van der Waals surface area contributed by atoms with Crippen molar-refractivity contribution in [3.8, 4) is 0 Å². The van der Waals surface area contributed by atoms with E-state index < -0.39 is 5.72 Å². The van der Waals surface area contributed by atoms with Gasteiger partial charge in [0.05, 0.1) is 6.04 Å². The minimum atomic E-state index is -1.01. The topological polar surface area (TPSA) is 49.3 Å². The van der Waals surface area contributed by atoms with E-state index in [2.05, 4.69) is 14.9 Å². The second kappa shape index (κ2) is 8.34. The quantitative estimate of drug-likeness (QED) is 0.454. The molecule has 2 saturated heterocycles. The molecule has 1 N–H and O–H groups in total. The lowest BCUT2D eigenvalue weighted by molar-refractivity contribution is -0.139. The third-order valence-electron chi connectivity index (χ3n) is 6.57. The number of fused-ring (bicyclic) bond motifs is 2. The normalized spacial score (nSPS) is 25.8. The van der Waals surface area contributed by atoms with Crippen LogP contribution in [0.1, 0.15) is 54.6 Å². The predicted octanol–water partition coefficient (Wildman–Crippen LogP) is 6.26. The molecule has 7 heteroatoms. The van der Waals surface area contributed by atoms with Crippen LogP contribution in [-0.4, -0.2) is 31.7 Å². The lowest BCUT2D eigenvalue weighted by atomic mass is 9.84. The number of hydrogen-bond acceptors (Lipinski definition) is 4. The average Bonchev–Trinajstić information content (AvgIpc) is 2.95. The number of rotatable bonds is 4. The summed E-state index contributed by atoms with van der Waals surface area (Å²) in [4.78, 5) is 11.1. The Morgan fingerprint density at radius 2 is 1.61 bits per heavy atom. The maximum Gasteiger partial charge on any atom is 0.133 e. The number of hydrogen-bond donors (Lipinski definition) is 1. The number of benzene rings is 2. The highest BCUT2D eigenvalue weighted by Gasteiger charge is 2.54. The van der Waals surface area contributed by atoms with Crippen molar-refractivity contribution in [3.63, 3.8) is 0 Å². The highest BCUT2D eigenvalue weighted by molar-refractivity contribution is 6.32. The standard InChI is InChI=1S/C24H22Cl3N3O/c25-19-7-3-1-5-17(19)22(18-6-2-4-8-20(18)26)30-16-9-11-24(30,31)14-15(13-16)23-28-12-10-21(27)29-23/h1-8,10,12,15-16,22,31H,9,11,13-14H2. The van der Waals surface area contributed by atoms with Gasteiger partial charge in [-0.1, -0.05) is 71.2 Å². The molecule has 0 spiro atoms. The summed E-state index contributed by atoms with van der Waals surface area (Å²) in [5.74, 6) is 0.745. The van der Waals surface area contributed by atoms with E-state index >= 15 is 0 Å². The van der Waals surface area contributed by atoms with Gasteiger partial charge in [0.2, 0.25) is 0 Å². The predicted molar refractivity (Wildman–Crippen MR) is 124 cm³/mol. The largest absolute Gasteiger partial charge is 0.376 e. The fourth-order valence-corrected chi connectivity index (χ4v) is 5.93. The first kappa shape index (κ1) is 21.2. The Hall–Kier alpha value is -1.69. The zero-order chi connectivity index (χ0) is 21.6. The molecule has 2 bridgehead atoms. The van der Waals surface area contributed by atoms with Crippen molar-refractivity contribution in [2.24, 2.45) is 0 Å². The van der Waals surface area contributed by atoms with Gasteiger partial charge >= 0.3 is 0 Å². The molecule has 0 amide bonds. The summed E-state index contributed by atoms with van der Waals surface area (Å²) < 4.78 is 0. The first-order chi connectivity index (χ1) is 15.0. The maximum atomic E-state index is 11.9. The monoisotopic (exact) mass is 473 g/mol. The maximum absolute atomic E-state index is 11.9. The van der Waals surface area contributed by atoms with Gasteiger partial charge in [0.15, 0.2) is 0 Å². The van der Waals surface area contributed by atoms with E-state index in [1.165, 1.54) is 0 Å². The van der Waals surface area contributed by atoms with Crippen molar-refractivity contribution in [2.45, 2.75) is 49.4 Å². The van der Waals surface area contributed by atoms with Crippen LogP contribution in [0.5, 0.6) is 0 Å². The Morgan fingerprint density at radius 3 is 2.19 bits per heavy atom. The van der Waals surface area contributed by atoms with Crippen LogP contribution in [0.2, 0.25) is 15.2 Å². The third kappa shape index (κ3) is 3.85. The Bertz CT molecular complexity index is 1070. The Kier molecular flexibility index (Phi) is 5.70. The lowest BCUT2D eigenvalue weighted by Crippen LogP contribution is -2.54. The molecule has 2 fully saturated rings. The van der Waals surface area contributed by atoms with E-state index in [0.717, 1.165) is 24.0 Å². The van der Waals surface area contributed by atoms with Gasteiger partial charge in [0, 0.05) is 28.2 Å². The average molecular weight is 475 g/mol. The van der Waals surface area contributed by atoms with Gasteiger partial charge in [-0.2, -0.15) is 0 Å². The van der Waals surface area contributed by atoms with E-state index in [-0.39, 0.29) is 18.0 Å². The molecular weight excluding hydrogens is 453 g/mol. The van der Waals surface area contributed by atoms with Gasteiger partial charge < -0.3 is 5.11 Å². The first-order valence-corrected chi connectivity index (χ1v) is 11.6. The summed E-state index contributed by atoms with van der Waals surface area (Å²) in [6.07, 6.45) is 4.63. The summed E-state index contributed by atoms with van der Waals surface area (Å²) in [5, 5.41) is 13.7. The van der Waals surface area contributed by atoms with Crippen LogP contribution in [0.4, 0.5) is 0 Å². The number of nitrogens with zero attached hydrogens (tertiary/aromatic N) is 3. The summed E-state index contributed by atoms with van der Waals surface area (Å²) >= 11 is 19.4. The molecule has 3 heterocycles. The molecule has 31 heavy (non-hydrogen) atoms. The van der Waals surface area contributed by atoms with E-state index in [1.807, 2.05) is 48.5 Å². The fraction of sp³-hybridized carbons (Fsp3) is 0.333. The number of piperidine rings is 1. The number of halogens is 3. The molecule has 0 aliphatic carbocycles. The number of aromatic nitrogens is 2. The van der Waals surface area contributed by atoms with Gasteiger partial charge in [-0.15, -0.1) is 0 Å². The van der Waals surface area contributed by atoms with Crippen LogP contribution < -0.4 is 0 Å². The molecule has 4 nitrogen and oxygen atoms in total. The smallest absolute Gasteiger partial charge is 0.133 e. The van der Waals surface area contributed by atoms with Crippen molar-refractivity contribution in [1.29, 1.82) is 0 Å². The first-order valence-electron chi connectivity index (χ1n) is 10.4. The Balaban J connectivity index is 1.58. The summed E-state index contributed by atoms with van der Waals surface area (Å²) in [6.45, 7) is 0. The Morgan fingerprint density at radius 1 is 0.968 bits per heavy atom. The molecule has 2 aliphatic rings. The second-order valence-corrected chi connectivity index (χ2v) is 9.60. The molecule has 3 atom stereocenters. The van der Waals surface area contributed by atoms with Crippen molar-refractivity contribution in [3.05, 3.63) is 92.9 Å². The van der Waals surface area contributed by atoms with E-state index in [4.69, 9.17) is 34.8 Å². The van der Waals surface area contributed by atoms with Gasteiger partial charge in [-0.3, -0.25) is 4.90 Å². The second-order valence-electron chi connectivity index (χ2n) is 8.40. The zero-order valence-electron chi connectivity index (χ0n) is 16.8. The summed E-state index contributed by atoms with van der Waals surface area (Å²) in [6, 6.07) is 17.2. The molecule has 0 radical (unpaired) electrons. The third-order valence-corrected chi connectivity index (χ3v) is 7.46. The summed E-state index contributed by atoms with van der Waals surface area (Å²) in [7, 11) is 0. The fourth-order valence-electron chi connectivity index (χ4n) is 5.31. The molecule has 160 valence electrons. The zero-order valence-corrected chi connectivity index (χ0v) is 19.0. The van der Waals surface area contributed by atoms with E-state index in [1.54, 1.807) is 12.3 Å². The van der Waals surface area contributed by atoms with Crippen LogP contribution in [0.25, 0.3) is 0 Å². The van der Waals surface area contributed by atoms with Gasteiger partial charge in [-0.25, -0.2) is 9.97 Å². The molecule has 0 saturated carbocycles. The van der Waals surface area contributed by atoms with Crippen LogP contribution in [0, 0.1) is 0 Å². The molecule has 5 rings (SSSR count). The van der Waals surface area contributed by atoms with Crippen LogP contribution in [0.15, 0.2) is 60.8 Å². The number of aliphatic hydroxyl groups is 1. The minimum absolute atomic E-state index is 0.0468. The molecule has 2 aromatic carbocycles. The molecule has 2 aliphatic heterocycles. The summed E-state index contributed by atoms with van der Waals surface area (Å²) in [5.41, 5.74) is 0.877. The van der Waals surface area contributed by atoms with Crippen molar-refractivity contribution < 1.29 is 5.11 Å². The highest BCUT2D eigenvalue weighted by atomic mass is 35.5. The minimum Gasteiger partial charge on any atom is -0.376 e. The Labute approximate surface area is 196 Å². The van der Waals surface area contributed by atoms with Crippen molar-refractivity contribution in [2.75, 3.05) is 0 Å². The van der Waals surface area contributed by atoms with E-state index in [9.17, 15) is 5.11 Å². The lowest BCUT2D eigenvalue weighted by Gasteiger charge is -2.48. The van der Waals surface area contributed by atoms with Gasteiger partial charge in [0.25, 0.3) is 0 Å². The van der Waals surface area contributed by atoms with Crippen molar-refractivity contribution in [1.82, 2.24) is 14.9 Å². The van der Waals surface area contributed by atoms with Gasteiger partial charge in [0.1, 0.15) is 16.7 Å². The van der Waals surface area contributed by atoms with Crippen LogP contribution >= 0.6 is 34.8 Å². The van der Waals surface area contributed by atoms with E-state index in [0.29, 0.717) is 33.9 Å². The van der Waals surface area contributed by atoms with Crippen LogP contribution in [-0.2, 0) is 0 Å². The highest BCUT2D eigenvalue weighted by Crippen LogP contribution is 2.54. The molecular formula is C24H22Cl3N3O. The van der Waals surface area contributed by atoms with Crippen molar-refractivity contribution >= 4 is 34.8 Å². The van der Waals surface area contributed by atoms with Gasteiger partial charge in [-0.05, 0) is 55.0 Å². The molecule has 3 unspecified atom stereocenters. The molecule has 1 aromatic heterocycles. The van der Waals surface area contributed by atoms with Crippen LogP contribution in [0.3, 0.4) is 0 Å². The molecule has 3 aromatic rings. The SMILES string of the molecule is OC12CCC(CC(c3nccc(Cl)n3)C1)N2C(c1ccccc1Cl)c1ccccc1Cl.